The number of nitrogens with zero attached hydrogens (tertiary/aromatic N) is 6. The Morgan fingerprint density at radius 1 is 0.700 bits per heavy atom. The van der Waals surface area contributed by atoms with E-state index in [-0.39, 0.29) is 22.5 Å². The lowest BCUT2D eigenvalue weighted by atomic mass is 10.2. The number of nitrogens with two attached hydrogens (primary N) is 2. The minimum absolute atomic E-state index is 0.240. The van der Waals surface area contributed by atoms with Crippen molar-refractivity contribution in [3.05, 3.63) is 52.8 Å². The molecule has 0 bridgehead atoms. The first-order valence-electron chi connectivity index (χ1n) is 9.20. The Labute approximate surface area is 171 Å². The van der Waals surface area contributed by atoms with Gasteiger partial charge in [0.15, 0.2) is 0 Å². The van der Waals surface area contributed by atoms with E-state index < -0.39 is 0 Å². The molecule has 0 amide bonds. The smallest absolute Gasteiger partial charge is 0.329 e. The highest BCUT2D eigenvalue weighted by molar-refractivity contribution is 5.74. The lowest BCUT2D eigenvalue weighted by Gasteiger charge is -2.05. The van der Waals surface area contributed by atoms with Crippen molar-refractivity contribution in [2.24, 2.45) is 49.6 Å². The zero-order valence-corrected chi connectivity index (χ0v) is 17.5. The number of aliphatic imine (C=N–C) groups is 2. The van der Waals surface area contributed by atoms with Gasteiger partial charge in [-0.2, -0.15) is 0 Å². The maximum Gasteiger partial charge on any atom is 0.332 e. The summed E-state index contributed by atoms with van der Waals surface area (Å²) in [4.78, 5) is 53.8. The second-order valence-corrected chi connectivity index (χ2v) is 6.62. The molecule has 162 valence electrons. The van der Waals surface area contributed by atoms with Crippen LogP contribution < -0.4 is 34.0 Å². The van der Waals surface area contributed by atoms with Crippen molar-refractivity contribution >= 4 is 24.1 Å². The van der Waals surface area contributed by atoms with Crippen LogP contribution in [0.2, 0.25) is 0 Å². The average molecular weight is 418 g/mol. The fourth-order valence-electron chi connectivity index (χ4n) is 2.94. The van der Waals surface area contributed by atoms with Gasteiger partial charge in [0.2, 0.25) is 0 Å². The van der Waals surface area contributed by atoms with E-state index in [1.54, 1.807) is 26.5 Å². The summed E-state index contributed by atoms with van der Waals surface area (Å²) in [7, 11) is 6.18. The Morgan fingerprint density at radius 2 is 1.03 bits per heavy atom. The molecule has 0 aromatic carbocycles. The molecule has 4 N–H and O–H groups in total. The molecule has 0 unspecified atom stereocenters. The molecule has 4 heterocycles. The zero-order valence-electron chi connectivity index (χ0n) is 17.5. The van der Waals surface area contributed by atoms with Gasteiger partial charge in [0, 0.05) is 66.6 Å². The third-order valence-electron chi connectivity index (χ3n) is 4.63. The van der Waals surface area contributed by atoms with Gasteiger partial charge in [-0.1, -0.05) is 0 Å². The van der Waals surface area contributed by atoms with Gasteiger partial charge in [-0.3, -0.25) is 27.9 Å². The summed E-state index contributed by atoms with van der Waals surface area (Å²) in [5, 5.41) is 0. The van der Waals surface area contributed by atoms with Crippen LogP contribution in [0.15, 0.2) is 29.2 Å². The molecule has 2 aliphatic heterocycles. The lowest BCUT2D eigenvalue weighted by Crippen LogP contribution is -2.38. The van der Waals surface area contributed by atoms with Gasteiger partial charge in [-0.25, -0.2) is 19.6 Å². The maximum atomic E-state index is 11.5. The molecule has 0 saturated carbocycles. The molecule has 30 heavy (non-hydrogen) atoms. The number of aromatic nitrogens is 4. The molecule has 0 aliphatic carbocycles. The molecule has 0 spiro atoms. The van der Waals surface area contributed by atoms with Crippen molar-refractivity contribution < 1.29 is 0 Å². The molecule has 0 atom stereocenters. The molecule has 0 fully saturated rings. The van der Waals surface area contributed by atoms with Crippen LogP contribution in [0, 0.1) is 0 Å². The first-order chi connectivity index (χ1) is 14.2. The Balaban J connectivity index is 0.000000182. The number of fused-ring (bicyclic) bond motifs is 2. The first-order valence-corrected chi connectivity index (χ1v) is 9.20. The Kier molecular flexibility index (Phi) is 7.19. The van der Waals surface area contributed by atoms with Gasteiger partial charge in [0.1, 0.15) is 11.6 Å². The highest BCUT2D eigenvalue weighted by Gasteiger charge is 2.17. The Morgan fingerprint density at radius 3 is 1.33 bits per heavy atom. The van der Waals surface area contributed by atoms with E-state index in [1.807, 2.05) is 0 Å². The molecule has 12 nitrogen and oxygen atoms in total. The highest BCUT2D eigenvalue weighted by atomic mass is 16.2. The molecule has 2 aromatic rings. The highest BCUT2D eigenvalue weighted by Crippen LogP contribution is 2.17. The summed E-state index contributed by atoms with van der Waals surface area (Å²) in [6, 6.07) is 0. The SMILES string of the molecule is Cn1c2c(c(=O)n(C)c1=O)CC=N2.Cn1c2c(c(=O)n(C)c1=O)CC=N2.NCCN. The maximum absolute atomic E-state index is 11.5. The largest absolute Gasteiger partial charge is 0.332 e. The predicted octanol–water partition coefficient (Wildman–Crippen LogP) is -2.41. The molecule has 2 aliphatic rings. The first kappa shape index (κ1) is 22.9. The summed E-state index contributed by atoms with van der Waals surface area (Å²) in [5.74, 6) is 0.987. The van der Waals surface area contributed by atoms with Gasteiger partial charge in [-0.15, -0.1) is 0 Å². The van der Waals surface area contributed by atoms with Gasteiger partial charge in [0.25, 0.3) is 11.1 Å². The van der Waals surface area contributed by atoms with E-state index in [0.717, 1.165) is 9.13 Å². The molecular weight excluding hydrogens is 392 g/mol. The van der Waals surface area contributed by atoms with Gasteiger partial charge in [-0.05, 0) is 0 Å². The summed E-state index contributed by atoms with van der Waals surface area (Å²) >= 11 is 0. The van der Waals surface area contributed by atoms with E-state index in [9.17, 15) is 19.2 Å². The Hall–Kier alpha value is -3.38. The van der Waals surface area contributed by atoms with E-state index in [2.05, 4.69) is 9.98 Å². The standard InChI is InChI=1S/2C8H9N3O2.C2H8N2/c2*1-10-6-5(3-4-9-6)7(12)11(2)8(10)13;3-1-2-4/h2*4H,3H2,1-2H3;1-4H2. The van der Waals surface area contributed by atoms with Crippen LogP contribution in [0.5, 0.6) is 0 Å². The van der Waals surface area contributed by atoms with Crippen LogP contribution in [0.1, 0.15) is 11.1 Å². The van der Waals surface area contributed by atoms with E-state index >= 15 is 0 Å². The molecule has 0 radical (unpaired) electrons. The Bertz CT molecular complexity index is 1150. The van der Waals surface area contributed by atoms with Crippen LogP contribution >= 0.6 is 0 Å². The van der Waals surface area contributed by atoms with Crippen molar-refractivity contribution in [1.29, 1.82) is 0 Å². The topological polar surface area (TPSA) is 165 Å². The predicted molar refractivity (Wildman–Crippen MR) is 116 cm³/mol. The summed E-state index contributed by atoms with van der Waals surface area (Å²) in [6.07, 6.45) is 4.34. The monoisotopic (exact) mass is 418 g/mol. The van der Waals surface area contributed by atoms with Crippen LogP contribution in [0.3, 0.4) is 0 Å². The van der Waals surface area contributed by atoms with E-state index in [1.165, 1.54) is 23.2 Å². The van der Waals surface area contributed by atoms with Gasteiger partial charge < -0.3 is 11.5 Å². The third-order valence-corrected chi connectivity index (χ3v) is 4.63. The number of rotatable bonds is 1. The summed E-state index contributed by atoms with van der Waals surface area (Å²) in [6.45, 7) is 1.19. The zero-order chi connectivity index (χ0) is 22.6. The number of hydrogen-bond acceptors (Lipinski definition) is 8. The third kappa shape index (κ3) is 4.14. The summed E-state index contributed by atoms with van der Waals surface area (Å²) in [5.41, 5.74) is 9.87. The lowest BCUT2D eigenvalue weighted by molar-refractivity contribution is 0.682. The molecule has 12 heteroatoms. The van der Waals surface area contributed by atoms with Crippen LogP contribution in [0.4, 0.5) is 11.6 Å². The second kappa shape index (κ2) is 9.41. The van der Waals surface area contributed by atoms with Crippen molar-refractivity contribution in [2.45, 2.75) is 12.8 Å². The minimum Gasteiger partial charge on any atom is -0.329 e. The van der Waals surface area contributed by atoms with Crippen LogP contribution in [-0.2, 0) is 41.0 Å². The van der Waals surface area contributed by atoms with Crippen molar-refractivity contribution in [3.8, 4) is 0 Å². The molecule has 4 rings (SSSR count). The quantitative estimate of drug-likeness (QED) is 0.523. The van der Waals surface area contributed by atoms with E-state index in [0.29, 0.717) is 48.7 Å². The fourth-order valence-corrected chi connectivity index (χ4v) is 2.94. The minimum atomic E-state index is -0.331. The van der Waals surface area contributed by atoms with E-state index in [4.69, 9.17) is 11.5 Å². The average Bonchev–Trinajstić information content (AvgIpc) is 3.44. The van der Waals surface area contributed by atoms with Crippen molar-refractivity contribution in [1.82, 2.24) is 18.3 Å². The van der Waals surface area contributed by atoms with Crippen LogP contribution in [0.25, 0.3) is 0 Å². The van der Waals surface area contributed by atoms with Gasteiger partial charge >= 0.3 is 11.4 Å². The second-order valence-electron chi connectivity index (χ2n) is 6.62. The summed E-state index contributed by atoms with van der Waals surface area (Å²) < 4.78 is 4.99. The van der Waals surface area contributed by atoms with Crippen molar-refractivity contribution in [2.75, 3.05) is 13.1 Å². The number of hydrogen-bond donors (Lipinski definition) is 2. The normalized spacial score (nSPS) is 12.6. The molecular formula is C18H26N8O4. The van der Waals surface area contributed by atoms with Gasteiger partial charge in [0.05, 0.1) is 11.1 Å². The molecule has 2 aromatic heterocycles. The van der Waals surface area contributed by atoms with Crippen LogP contribution in [-0.4, -0.2) is 43.8 Å². The van der Waals surface area contributed by atoms with Crippen molar-refractivity contribution in [3.63, 3.8) is 0 Å². The molecule has 0 saturated heterocycles. The fraction of sp³-hybridized carbons (Fsp3) is 0.444.